The first-order valence-corrected chi connectivity index (χ1v) is 8.65. The highest BCUT2D eigenvalue weighted by atomic mass is 35.5. The van der Waals surface area contributed by atoms with Gasteiger partial charge in [0, 0.05) is 17.9 Å². The third kappa shape index (κ3) is 4.49. The van der Waals surface area contributed by atoms with Gasteiger partial charge in [-0.25, -0.2) is 9.37 Å². The van der Waals surface area contributed by atoms with Gasteiger partial charge in [0.05, 0.1) is 17.8 Å². The van der Waals surface area contributed by atoms with E-state index in [1.807, 2.05) is 19.1 Å². The Kier molecular flexibility index (Phi) is 5.68. The molecule has 0 saturated heterocycles. The summed E-state index contributed by atoms with van der Waals surface area (Å²) in [5, 5.41) is 3.58. The molecule has 0 radical (unpaired) electrons. The molecule has 26 heavy (non-hydrogen) atoms. The number of hydrogen-bond donors (Lipinski definition) is 1. The van der Waals surface area contributed by atoms with Gasteiger partial charge in [-0.15, -0.1) is 0 Å². The summed E-state index contributed by atoms with van der Waals surface area (Å²) >= 11 is 5.87. The third-order valence-electron chi connectivity index (χ3n) is 4.01. The fourth-order valence-electron chi connectivity index (χ4n) is 2.58. The van der Waals surface area contributed by atoms with E-state index in [2.05, 4.69) is 10.3 Å². The van der Waals surface area contributed by atoms with Gasteiger partial charge in [0.25, 0.3) is 0 Å². The fourth-order valence-corrected chi connectivity index (χ4v) is 2.71. The van der Waals surface area contributed by atoms with E-state index in [4.69, 9.17) is 16.0 Å². The van der Waals surface area contributed by atoms with E-state index in [0.717, 1.165) is 5.56 Å². The predicted octanol–water partition coefficient (Wildman–Crippen LogP) is 4.94. The van der Waals surface area contributed by atoms with Gasteiger partial charge in [-0.1, -0.05) is 35.9 Å². The van der Waals surface area contributed by atoms with Crippen LogP contribution in [0.3, 0.4) is 0 Å². The van der Waals surface area contributed by atoms with Crippen LogP contribution in [-0.4, -0.2) is 10.9 Å². The Hall–Kier alpha value is -2.66. The number of oxazole rings is 1. The van der Waals surface area contributed by atoms with Crippen molar-refractivity contribution in [2.24, 2.45) is 0 Å². The Morgan fingerprint density at radius 3 is 2.69 bits per heavy atom. The molecule has 3 aromatic rings. The van der Waals surface area contributed by atoms with Crippen LogP contribution in [-0.2, 0) is 11.2 Å². The zero-order valence-corrected chi connectivity index (χ0v) is 15.0. The maximum Gasteiger partial charge on any atom is 0.220 e. The van der Waals surface area contributed by atoms with Crippen molar-refractivity contribution < 1.29 is 13.6 Å². The van der Waals surface area contributed by atoms with Crippen molar-refractivity contribution in [1.29, 1.82) is 0 Å². The molecule has 0 aliphatic carbocycles. The molecule has 0 saturated carbocycles. The zero-order chi connectivity index (χ0) is 18.5. The number of aromatic nitrogens is 1. The molecule has 0 aliphatic rings. The molecular formula is C20H18ClFN2O2. The third-order valence-corrected chi connectivity index (χ3v) is 4.26. The average molecular weight is 373 g/mol. The highest BCUT2D eigenvalue weighted by Crippen LogP contribution is 2.23. The molecule has 1 N–H and O–H groups in total. The van der Waals surface area contributed by atoms with E-state index >= 15 is 0 Å². The Labute approximate surface area is 156 Å². The van der Waals surface area contributed by atoms with Crippen molar-refractivity contribution >= 4 is 17.5 Å². The monoisotopic (exact) mass is 372 g/mol. The number of carbonyl (C=O) groups is 1. The molecular weight excluding hydrogens is 355 g/mol. The maximum atomic E-state index is 13.8. The molecule has 0 aliphatic heterocycles. The van der Waals surface area contributed by atoms with E-state index in [1.54, 1.807) is 30.3 Å². The van der Waals surface area contributed by atoms with Crippen molar-refractivity contribution in [2.75, 3.05) is 0 Å². The summed E-state index contributed by atoms with van der Waals surface area (Å²) in [5.74, 6) is 0.272. The lowest BCUT2D eigenvalue weighted by Crippen LogP contribution is -2.26. The first-order valence-electron chi connectivity index (χ1n) is 8.27. The second kappa shape index (κ2) is 8.15. The number of nitrogens with zero attached hydrogens (tertiary/aromatic N) is 1. The van der Waals surface area contributed by atoms with Gasteiger partial charge in [0.15, 0.2) is 11.7 Å². The van der Waals surface area contributed by atoms with Crippen LogP contribution in [0.5, 0.6) is 0 Å². The number of halogens is 2. The number of rotatable bonds is 6. The minimum absolute atomic E-state index is 0.113. The van der Waals surface area contributed by atoms with Gasteiger partial charge in [0.1, 0.15) is 5.82 Å². The van der Waals surface area contributed by atoms with Crippen molar-refractivity contribution in [2.45, 2.75) is 25.8 Å². The van der Waals surface area contributed by atoms with Gasteiger partial charge in [-0.3, -0.25) is 4.79 Å². The molecule has 6 heteroatoms. The highest BCUT2D eigenvalue weighted by molar-refractivity contribution is 6.30. The number of amides is 1. The molecule has 0 spiro atoms. The number of hydrogen-bond acceptors (Lipinski definition) is 3. The van der Waals surface area contributed by atoms with E-state index in [1.165, 1.54) is 12.3 Å². The molecule has 1 aromatic heterocycles. The number of nitrogens with one attached hydrogen (secondary N) is 1. The second-order valence-corrected chi connectivity index (χ2v) is 6.38. The molecule has 1 amide bonds. The summed E-state index contributed by atoms with van der Waals surface area (Å²) in [6.45, 7) is 1.91. The second-order valence-electron chi connectivity index (χ2n) is 5.94. The van der Waals surface area contributed by atoms with Crippen LogP contribution in [0.25, 0.3) is 11.3 Å². The zero-order valence-electron chi connectivity index (χ0n) is 14.2. The number of carbonyl (C=O) groups excluding carboxylic acids is 1. The molecule has 4 nitrogen and oxygen atoms in total. The lowest BCUT2D eigenvalue weighted by atomic mass is 10.1. The van der Waals surface area contributed by atoms with Crippen LogP contribution in [0.15, 0.2) is 59.1 Å². The summed E-state index contributed by atoms with van der Waals surface area (Å²) in [5.41, 5.74) is 1.33. The van der Waals surface area contributed by atoms with E-state index < -0.39 is 0 Å². The highest BCUT2D eigenvalue weighted by Gasteiger charge is 2.13. The largest absolute Gasteiger partial charge is 0.441 e. The fraction of sp³-hybridized carbons (Fsp3) is 0.200. The molecule has 2 aromatic carbocycles. The summed E-state index contributed by atoms with van der Waals surface area (Å²) < 4.78 is 19.3. The van der Waals surface area contributed by atoms with Crippen LogP contribution >= 0.6 is 11.6 Å². The molecule has 1 atom stereocenters. The molecule has 1 heterocycles. The summed E-state index contributed by atoms with van der Waals surface area (Å²) in [6, 6.07) is 13.5. The van der Waals surface area contributed by atoms with Gasteiger partial charge >= 0.3 is 0 Å². The SMILES string of the molecule is C[C@@H](NC(=O)CCc1ncc(-c2ccccc2F)o1)c1ccc(Cl)cc1. The van der Waals surface area contributed by atoms with Gasteiger partial charge in [-0.05, 0) is 36.8 Å². The minimum Gasteiger partial charge on any atom is -0.441 e. The van der Waals surface area contributed by atoms with Crippen LogP contribution in [0.1, 0.15) is 30.8 Å². The maximum absolute atomic E-state index is 13.8. The number of benzene rings is 2. The molecule has 3 rings (SSSR count). The van der Waals surface area contributed by atoms with Gasteiger partial charge < -0.3 is 9.73 Å². The van der Waals surface area contributed by atoms with Crippen molar-refractivity contribution in [3.05, 3.63) is 77.0 Å². The Morgan fingerprint density at radius 1 is 1.23 bits per heavy atom. The lowest BCUT2D eigenvalue weighted by molar-refractivity contribution is -0.121. The van der Waals surface area contributed by atoms with E-state index in [-0.39, 0.29) is 24.2 Å². The Balaban J connectivity index is 1.55. The van der Waals surface area contributed by atoms with Crippen LogP contribution in [0.2, 0.25) is 5.02 Å². The van der Waals surface area contributed by atoms with Crippen molar-refractivity contribution in [1.82, 2.24) is 10.3 Å². The van der Waals surface area contributed by atoms with Crippen molar-refractivity contribution in [3.63, 3.8) is 0 Å². The Bertz CT molecular complexity index is 893. The first-order chi connectivity index (χ1) is 12.5. The topological polar surface area (TPSA) is 55.1 Å². The smallest absolute Gasteiger partial charge is 0.220 e. The van der Waals surface area contributed by atoms with Gasteiger partial charge in [-0.2, -0.15) is 0 Å². The van der Waals surface area contributed by atoms with Gasteiger partial charge in [0.2, 0.25) is 5.91 Å². The van der Waals surface area contributed by atoms with E-state index in [9.17, 15) is 9.18 Å². The molecule has 134 valence electrons. The quantitative estimate of drug-likeness (QED) is 0.666. The lowest BCUT2D eigenvalue weighted by Gasteiger charge is -2.14. The van der Waals surface area contributed by atoms with Crippen LogP contribution < -0.4 is 5.32 Å². The summed E-state index contributed by atoms with van der Waals surface area (Å²) in [4.78, 5) is 16.3. The van der Waals surface area contributed by atoms with Crippen molar-refractivity contribution in [3.8, 4) is 11.3 Å². The first kappa shape index (κ1) is 18.1. The summed E-state index contributed by atoms with van der Waals surface area (Å²) in [6.07, 6.45) is 2.05. The molecule has 0 fully saturated rings. The Morgan fingerprint density at radius 2 is 1.96 bits per heavy atom. The van der Waals surface area contributed by atoms with Crippen LogP contribution in [0.4, 0.5) is 4.39 Å². The van der Waals surface area contributed by atoms with Crippen LogP contribution in [0, 0.1) is 5.82 Å². The normalized spacial score (nSPS) is 12.0. The standard InChI is InChI=1S/C20H18ClFN2O2/c1-13(14-6-8-15(21)9-7-14)24-19(25)10-11-20-23-12-18(26-20)16-4-2-3-5-17(16)22/h2-9,12-13H,10-11H2,1H3,(H,24,25)/t13-/m1/s1. The minimum atomic E-state index is -0.371. The number of aryl methyl sites for hydroxylation is 1. The average Bonchev–Trinajstić information content (AvgIpc) is 3.09. The molecule has 0 bridgehead atoms. The molecule has 0 unspecified atom stereocenters. The predicted molar refractivity (Wildman–Crippen MR) is 98.2 cm³/mol. The summed E-state index contributed by atoms with van der Waals surface area (Å²) in [7, 11) is 0. The van der Waals surface area contributed by atoms with E-state index in [0.29, 0.717) is 28.7 Å².